The molecule has 1 aromatic heterocycles. The molecule has 152 valence electrons. The fraction of sp³-hybridized carbons (Fsp3) is 0.333. The number of nitrogens with one attached hydrogen (secondary N) is 1. The number of anilines is 1. The summed E-state index contributed by atoms with van der Waals surface area (Å²) in [6, 6.07) is 11.2. The minimum Gasteiger partial charge on any atom is -0.486 e. The van der Waals surface area contributed by atoms with Gasteiger partial charge in [0.05, 0.1) is 16.7 Å². The van der Waals surface area contributed by atoms with Gasteiger partial charge >= 0.3 is 5.69 Å². The van der Waals surface area contributed by atoms with Crippen molar-refractivity contribution in [1.82, 2.24) is 9.13 Å². The molecule has 8 heteroatoms. The average Bonchev–Trinajstić information content (AvgIpc) is 2.99. The van der Waals surface area contributed by atoms with Crippen LogP contribution in [0.5, 0.6) is 11.5 Å². The number of para-hydroxylation sites is 2. The predicted molar refractivity (Wildman–Crippen MR) is 115 cm³/mol. The van der Waals surface area contributed by atoms with Gasteiger partial charge in [-0.1, -0.05) is 19.1 Å². The van der Waals surface area contributed by atoms with Crippen LogP contribution in [0.15, 0.2) is 45.7 Å². The van der Waals surface area contributed by atoms with Crippen LogP contribution in [-0.4, -0.2) is 28.3 Å². The van der Waals surface area contributed by atoms with Crippen molar-refractivity contribution in [3.8, 4) is 11.5 Å². The molecule has 0 spiro atoms. The Balaban J connectivity index is 1.51. The van der Waals surface area contributed by atoms with Crippen LogP contribution < -0.4 is 20.5 Å². The van der Waals surface area contributed by atoms with Crippen molar-refractivity contribution < 1.29 is 14.3 Å². The minimum atomic E-state index is -0.179. The zero-order valence-electron chi connectivity index (χ0n) is 16.1. The first kappa shape index (κ1) is 19.6. The Kier molecular flexibility index (Phi) is 5.62. The fourth-order valence-corrected chi connectivity index (χ4v) is 3.94. The molecular formula is C21H22BrN3O4. The number of rotatable bonds is 6. The number of ether oxygens (including phenoxy) is 2. The molecule has 1 aliphatic heterocycles. The topological polar surface area (TPSA) is 74.5 Å². The molecule has 1 aliphatic rings. The highest BCUT2D eigenvalue weighted by Gasteiger charge is 2.17. The molecule has 0 saturated heterocycles. The summed E-state index contributed by atoms with van der Waals surface area (Å²) in [5.41, 5.74) is 2.27. The van der Waals surface area contributed by atoms with Gasteiger partial charge < -0.3 is 14.8 Å². The molecule has 0 atom stereocenters. The molecule has 2 aromatic carbocycles. The van der Waals surface area contributed by atoms with E-state index in [1.54, 1.807) is 21.3 Å². The van der Waals surface area contributed by atoms with Gasteiger partial charge in [-0.2, -0.15) is 0 Å². The van der Waals surface area contributed by atoms with Crippen LogP contribution in [0.2, 0.25) is 0 Å². The van der Waals surface area contributed by atoms with Gasteiger partial charge in [0.25, 0.3) is 0 Å². The molecule has 0 bridgehead atoms. The Morgan fingerprint density at radius 1 is 1.07 bits per heavy atom. The number of hydrogen-bond donors (Lipinski definition) is 1. The van der Waals surface area contributed by atoms with Gasteiger partial charge in [0, 0.05) is 36.1 Å². The highest BCUT2D eigenvalue weighted by atomic mass is 79.9. The molecule has 0 saturated carbocycles. The van der Waals surface area contributed by atoms with E-state index in [2.05, 4.69) is 21.2 Å². The number of carbonyl (C=O) groups excluding carboxylic acids is 1. The van der Waals surface area contributed by atoms with E-state index in [9.17, 15) is 9.59 Å². The van der Waals surface area contributed by atoms with Gasteiger partial charge in [-0.25, -0.2) is 4.79 Å². The van der Waals surface area contributed by atoms with Crippen molar-refractivity contribution >= 4 is 38.6 Å². The summed E-state index contributed by atoms with van der Waals surface area (Å²) in [5.74, 6) is 1.08. The zero-order valence-corrected chi connectivity index (χ0v) is 17.7. The third-order valence-electron chi connectivity index (χ3n) is 4.84. The minimum absolute atomic E-state index is 0.0821. The number of aromatic nitrogens is 2. The molecule has 29 heavy (non-hydrogen) atoms. The number of imidazole rings is 1. The number of aryl methyl sites for hydroxylation is 2. The number of halogens is 1. The summed E-state index contributed by atoms with van der Waals surface area (Å²) in [5, 5.41) is 2.89. The molecule has 0 unspecified atom stereocenters. The van der Waals surface area contributed by atoms with E-state index in [0.717, 1.165) is 17.5 Å². The molecule has 0 radical (unpaired) electrons. The second kappa shape index (κ2) is 8.32. The smallest absolute Gasteiger partial charge is 0.329 e. The predicted octanol–water partition coefficient (Wildman–Crippen LogP) is 3.78. The van der Waals surface area contributed by atoms with Crippen LogP contribution in [0.4, 0.5) is 5.69 Å². The summed E-state index contributed by atoms with van der Waals surface area (Å²) in [4.78, 5) is 25.4. The first-order valence-electron chi connectivity index (χ1n) is 9.65. The third-order valence-corrected chi connectivity index (χ3v) is 5.50. The number of benzene rings is 2. The van der Waals surface area contributed by atoms with E-state index in [1.165, 1.54) is 0 Å². The van der Waals surface area contributed by atoms with E-state index in [-0.39, 0.29) is 18.0 Å². The Morgan fingerprint density at radius 2 is 1.69 bits per heavy atom. The maximum absolute atomic E-state index is 12.8. The second-order valence-corrected chi connectivity index (χ2v) is 7.70. The lowest BCUT2D eigenvalue weighted by atomic mass is 10.2. The number of carbonyl (C=O) groups is 1. The van der Waals surface area contributed by atoms with Crippen molar-refractivity contribution in [2.75, 3.05) is 18.5 Å². The summed E-state index contributed by atoms with van der Waals surface area (Å²) in [6.45, 7) is 3.99. The lowest BCUT2D eigenvalue weighted by Gasteiger charge is -2.20. The van der Waals surface area contributed by atoms with Crippen LogP contribution in [0.25, 0.3) is 11.0 Å². The molecular weight excluding hydrogens is 438 g/mol. The lowest BCUT2D eigenvalue weighted by molar-refractivity contribution is -0.116. The van der Waals surface area contributed by atoms with E-state index >= 15 is 0 Å². The number of hydrogen-bond acceptors (Lipinski definition) is 4. The first-order valence-corrected chi connectivity index (χ1v) is 10.4. The summed E-state index contributed by atoms with van der Waals surface area (Å²) in [7, 11) is 0. The fourth-order valence-electron chi connectivity index (χ4n) is 3.51. The first-order chi connectivity index (χ1) is 14.1. The largest absolute Gasteiger partial charge is 0.486 e. The van der Waals surface area contributed by atoms with Gasteiger partial charge in [-0.3, -0.25) is 13.9 Å². The monoisotopic (exact) mass is 459 g/mol. The maximum Gasteiger partial charge on any atom is 0.329 e. The number of fused-ring (bicyclic) bond motifs is 2. The summed E-state index contributed by atoms with van der Waals surface area (Å²) < 4.78 is 15.3. The highest BCUT2D eigenvalue weighted by Crippen LogP contribution is 2.38. The van der Waals surface area contributed by atoms with Gasteiger partial charge in [-0.05, 0) is 34.5 Å². The Bertz CT molecular complexity index is 1120. The molecule has 4 rings (SSSR count). The SMILES string of the molecule is CCCn1c(=O)n(CCC(=O)Nc2cc3c(cc2Br)OCCO3)c2ccccc21. The van der Waals surface area contributed by atoms with Crippen molar-refractivity contribution in [2.24, 2.45) is 0 Å². The van der Waals surface area contributed by atoms with E-state index < -0.39 is 0 Å². The molecule has 2 heterocycles. The zero-order chi connectivity index (χ0) is 20.4. The standard InChI is InChI=1S/C21H22BrN3O4/c1-2-8-24-16-5-3-4-6-17(16)25(21(24)27)9-7-20(26)23-15-13-19-18(12-14(15)22)28-10-11-29-19/h3-6,12-13H,2,7-11H2,1H3,(H,23,26). The molecule has 3 aromatic rings. The van der Waals surface area contributed by atoms with Crippen molar-refractivity contribution in [2.45, 2.75) is 32.9 Å². The van der Waals surface area contributed by atoms with Gasteiger partial charge in [0.15, 0.2) is 11.5 Å². The molecule has 1 amide bonds. The number of amides is 1. The summed E-state index contributed by atoms with van der Waals surface area (Å²) in [6.07, 6.45) is 1.05. The Labute approximate surface area is 176 Å². The van der Waals surface area contributed by atoms with E-state index in [4.69, 9.17) is 9.47 Å². The Hall–Kier alpha value is -2.74. The van der Waals surface area contributed by atoms with E-state index in [0.29, 0.717) is 48.0 Å². The van der Waals surface area contributed by atoms with Gasteiger partial charge in [0.2, 0.25) is 5.91 Å². The van der Waals surface area contributed by atoms with Crippen molar-refractivity contribution in [3.05, 3.63) is 51.4 Å². The molecule has 1 N–H and O–H groups in total. The average molecular weight is 460 g/mol. The normalized spacial score (nSPS) is 12.9. The van der Waals surface area contributed by atoms with Crippen LogP contribution in [-0.2, 0) is 17.9 Å². The summed E-state index contributed by atoms with van der Waals surface area (Å²) >= 11 is 3.46. The molecule has 7 nitrogen and oxygen atoms in total. The van der Waals surface area contributed by atoms with Crippen molar-refractivity contribution in [1.29, 1.82) is 0 Å². The second-order valence-electron chi connectivity index (χ2n) is 6.85. The highest BCUT2D eigenvalue weighted by molar-refractivity contribution is 9.10. The van der Waals surface area contributed by atoms with Crippen LogP contribution in [0, 0.1) is 0 Å². The molecule has 0 aliphatic carbocycles. The van der Waals surface area contributed by atoms with E-state index in [1.807, 2.05) is 31.2 Å². The van der Waals surface area contributed by atoms with Gasteiger partial charge in [0.1, 0.15) is 13.2 Å². The maximum atomic E-state index is 12.8. The van der Waals surface area contributed by atoms with Gasteiger partial charge in [-0.15, -0.1) is 0 Å². The Morgan fingerprint density at radius 3 is 2.34 bits per heavy atom. The lowest BCUT2D eigenvalue weighted by Crippen LogP contribution is -2.26. The molecule has 0 fully saturated rings. The van der Waals surface area contributed by atoms with Crippen molar-refractivity contribution in [3.63, 3.8) is 0 Å². The quantitative estimate of drug-likeness (QED) is 0.608. The van der Waals surface area contributed by atoms with Crippen LogP contribution >= 0.6 is 15.9 Å². The van der Waals surface area contributed by atoms with Crippen LogP contribution in [0.1, 0.15) is 19.8 Å². The van der Waals surface area contributed by atoms with Crippen LogP contribution in [0.3, 0.4) is 0 Å². The third kappa shape index (κ3) is 3.89. The number of nitrogens with zero attached hydrogens (tertiary/aromatic N) is 2.